The monoisotopic (exact) mass is 176 g/mol. The van der Waals surface area contributed by atoms with E-state index in [1.165, 1.54) is 0 Å². The fourth-order valence-corrected chi connectivity index (χ4v) is 1.10. The molecule has 3 heteroatoms. The molecule has 2 nitrogen and oxygen atoms in total. The predicted molar refractivity (Wildman–Crippen MR) is 49.1 cm³/mol. The molecule has 0 aromatic rings. The van der Waals surface area contributed by atoms with Crippen LogP contribution in [0.2, 0.25) is 0 Å². The Kier molecular flexibility index (Phi) is 8.07. The number of carbonyl (C=O) groups is 1. The van der Waals surface area contributed by atoms with Crippen LogP contribution in [0, 0.1) is 0 Å². The minimum absolute atomic E-state index is 0.313. The lowest BCUT2D eigenvalue weighted by Gasteiger charge is -1.99. The molecule has 0 radical (unpaired) electrons. The van der Waals surface area contributed by atoms with Gasteiger partial charge in [0.25, 0.3) is 0 Å². The average molecular weight is 176 g/mol. The highest BCUT2D eigenvalue weighted by atomic mass is 32.2. The standard InChI is InChI=1S/C8H16O2S/c1-3-10-6-4-8(9)5-7-11-2/h3-7H2,1-2H3. The summed E-state index contributed by atoms with van der Waals surface area (Å²) in [5.41, 5.74) is 0. The lowest BCUT2D eigenvalue weighted by molar-refractivity contribution is -0.119. The van der Waals surface area contributed by atoms with E-state index in [1.54, 1.807) is 11.8 Å². The van der Waals surface area contributed by atoms with E-state index in [-0.39, 0.29) is 0 Å². The predicted octanol–water partition coefficient (Wildman–Crippen LogP) is 1.74. The van der Waals surface area contributed by atoms with E-state index in [4.69, 9.17) is 4.74 Å². The Morgan fingerprint density at radius 1 is 1.45 bits per heavy atom. The van der Waals surface area contributed by atoms with Crippen LogP contribution in [0.25, 0.3) is 0 Å². The van der Waals surface area contributed by atoms with Gasteiger partial charge >= 0.3 is 0 Å². The van der Waals surface area contributed by atoms with E-state index in [2.05, 4.69) is 0 Å². The molecule has 0 saturated heterocycles. The van der Waals surface area contributed by atoms with E-state index in [1.807, 2.05) is 13.2 Å². The summed E-state index contributed by atoms with van der Waals surface area (Å²) in [6.45, 7) is 3.23. The van der Waals surface area contributed by atoms with Gasteiger partial charge in [-0.3, -0.25) is 4.79 Å². The van der Waals surface area contributed by atoms with E-state index in [0.29, 0.717) is 31.8 Å². The SMILES string of the molecule is CCOCCC(=O)CCSC. The van der Waals surface area contributed by atoms with Crippen LogP contribution in [0.15, 0.2) is 0 Å². The Balaban J connectivity index is 3.09. The van der Waals surface area contributed by atoms with Gasteiger partial charge in [-0.15, -0.1) is 0 Å². The highest BCUT2D eigenvalue weighted by Crippen LogP contribution is 1.98. The van der Waals surface area contributed by atoms with Gasteiger partial charge in [0.15, 0.2) is 0 Å². The number of carbonyl (C=O) groups excluding carboxylic acids is 1. The molecule has 0 aromatic carbocycles. The second-order valence-electron chi connectivity index (χ2n) is 2.23. The van der Waals surface area contributed by atoms with Gasteiger partial charge in [-0.2, -0.15) is 11.8 Å². The maximum absolute atomic E-state index is 11.0. The van der Waals surface area contributed by atoms with Crippen LogP contribution < -0.4 is 0 Å². The summed E-state index contributed by atoms with van der Waals surface area (Å²) >= 11 is 1.71. The first-order valence-electron chi connectivity index (χ1n) is 3.89. The second kappa shape index (κ2) is 8.08. The maximum atomic E-state index is 11.0. The van der Waals surface area contributed by atoms with Crippen molar-refractivity contribution in [2.75, 3.05) is 25.2 Å². The van der Waals surface area contributed by atoms with Crippen LogP contribution in [0.4, 0.5) is 0 Å². The van der Waals surface area contributed by atoms with Crippen molar-refractivity contribution >= 4 is 17.5 Å². The summed E-state index contributed by atoms with van der Waals surface area (Å²) in [5.74, 6) is 1.25. The van der Waals surface area contributed by atoms with Crippen molar-refractivity contribution in [3.05, 3.63) is 0 Å². The maximum Gasteiger partial charge on any atom is 0.136 e. The Morgan fingerprint density at radius 2 is 2.18 bits per heavy atom. The van der Waals surface area contributed by atoms with Gasteiger partial charge in [0, 0.05) is 19.4 Å². The molecular weight excluding hydrogens is 160 g/mol. The quantitative estimate of drug-likeness (QED) is 0.553. The number of hydrogen-bond acceptors (Lipinski definition) is 3. The van der Waals surface area contributed by atoms with Gasteiger partial charge in [-0.25, -0.2) is 0 Å². The summed E-state index contributed by atoms with van der Waals surface area (Å²) in [6.07, 6.45) is 3.28. The zero-order valence-electron chi connectivity index (χ0n) is 7.26. The van der Waals surface area contributed by atoms with Crippen molar-refractivity contribution in [1.29, 1.82) is 0 Å². The Morgan fingerprint density at radius 3 is 2.73 bits per heavy atom. The Hall–Kier alpha value is -0.0200. The minimum atomic E-state index is 0.313. The Labute approximate surface area is 72.7 Å². The topological polar surface area (TPSA) is 26.3 Å². The van der Waals surface area contributed by atoms with E-state index in [0.717, 1.165) is 5.75 Å². The molecule has 0 saturated carbocycles. The number of ketones is 1. The zero-order chi connectivity index (χ0) is 8.53. The number of thioether (sulfide) groups is 1. The van der Waals surface area contributed by atoms with Crippen LogP contribution in [-0.2, 0) is 9.53 Å². The molecule has 0 aliphatic rings. The van der Waals surface area contributed by atoms with Crippen LogP contribution in [0.1, 0.15) is 19.8 Å². The van der Waals surface area contributed by atoms with Crippen LogP contribution in [-0.4, -0.2) is 31.0 Å². The van der Waals surface area contributed by atoms with Gasteiger partial charge in [-0.1, -0.05) is 0 Å². The molecule has 0 atom stereocenters. The number of rotatable bonds is 7. The highest BCUT2D eigenvalue weighted by molar-refractivity contribution is 7.98. The van der Waals surface area contributed by atoms with Crippen molar-refractivity contribution in [2.45, 2.75) is 19.8 Å². The molecule has 0 aliphatic carbocycles. The molecule has 0 amide bonds. The van der Waals surface area contributed by atoms with Gasteiger partial charge < -0.3 is 4.74 Å². The number of ether oxygens (including phenoxy) is 1. The van der Waals surface area contributed by atoms with Gasteiger partial charge in [-0.05, 0) is 18.9 Å². The van der Waals surface area contributed by atoms with Crippen LogP contribution in [0.3, 0.4) is 0 Å². The largest absolute Gasteiger partial charge is 0.381 e. The molecule has 0 fully saturated rings. The molecule has 0 spiro atoms. The van der Waals surface area contributed by atoms with Crippen LogP contribution >= 0.6 is 11.8 Å². The molecule has 66 valence electrons. The molecule has 0 unspecified atom stereocenters. The lowest BCUT2D eigenvalue weighted by atomic mass is 10.2. The normalized spacial score (nSPS) is 10.0. The Bertz CT molecular complexity index is 104. The fraction of sp³-hybridized carbons (Fsp3) is 0.875. The number of Topliss-reactive ketones (excluding diaryl/α,β-unsaturated/α-hetero) is 1. The summed E-state index contributed by atoms with van der Waals surface area (Å²) < 4.78 is 5.06. The highest BCUT2D eigenvalue weighted by Gasteiger charge is 1.99. The summed E-state index contributed by atoms with van der Waals surface area (Å²) in [7, 11) is 0. The van der Waals surface area contributed by atoms with Crippen molar-refractivity contribution in [1.82, 2.24) is 0 Å². The van der Waals surface area contributed by atoms with Crippen molar-refractivity contribution in [3.63, 3.8) is 0 Å². The molecule has 0 heterocycles. The zero-order valence-corrected chi connectivity index (χ0v) is 8.08. The summed E-state index contributed by atoms with van der Waals surface area (Å²) in [5, 5.41) is 0. The summed E-state index contributed by atoms with van der Waals surface area (Å²) in [6, 6.07) is 0. The second-order valence-corrected chi connectivity index (χ2v) is 3.21. The average Bonchev–Trinajstić information content (AvgIpc) is 2.01. The van der Waals surface area contributed by atoms with Crippen LogP contribution in [0.5, 0.6) is 0 Å². The van der Waals surface area contributed by atoms with E-state index >= 15 is 0 Å². The van der Waals surface area contributed by atoms with Crippen molar-refractivity contribution < 1.29 is 9.53 Å². The van der Waals surface area contributed by atoms with Crippen molar-refractivity contribution in [3.8, 4) is 0 Å². The summed E-state index contributed by atoms with van der Waals surface area (Å²) in [4.78, 5) is 11.0. The third-order valence-corrected chi connectivity index (χ3v) is 1.93. The van der Waals surface area contributed by atoms with E-state index in [9.17, 15) is 4.79 Å². The first-order valence-corrected chi connectivity index (χ1v) is 5.29. The molecule has 0 rings (SSSR count). The molecular formula is C8H16O2S. The van der Waals surface area contributed by atoms with Gasteiger partial charge in [0.2, 0.25) is 0 Å². The fourth-order valence-electron chi connectivity index (χ4n) is 0.671. The molecule has 0 aromatic heterocycles. The molecule has 0 aliphatic heterocycles. The lowest BCUT2D eigenvalue weighted by Crippen LogP contribution is -2.04. The first kappa shape index (κ1) is 11.0. The smallest absolute Gasteiger partial charge is 0.136 e. The molecule has 0 N–H and O–H groups in total. The molecule has 11 heavy (non-hydrogen) atoms. The van der Waals surface area contributed by atoms with Gasteiger partial charge in [0.1, 0.15) is 5.78 Å². The van der Waals surface area contributed by atoms with E-state index < -0.39 is 0 Å². The van der Waals surface area contributed by atoms with Gasteiger partial charge in [0.05, 0.1) is 6.61 Å². The number of hydrogen-bond donors (Lipinski definition) is 0. The van der Waals surface area contributed by atoms with Crippen molar-refractivity contribution in [2.24, 2.45) is 0 Å². The molecule has 0 bridgehead atoms. The third-order valence-electron chi connectivity index (χ3n) is 1.31. The third kappa shape index (κ3) is 7.88. The first-order chi connectivity index (χ1) is 5.31. The minimum Gasteiger partial charge on any atom is -0.381 e.